The Balaban J connectivity index is 1.59. The van der Waals surface area contributed by atoms with Gasteiger partial charge in [0.25, 0.3) is 5.91 Å². The second-order valence-corrected chi connectivity index (χ2v) is 7.56. The zero-order valence-corrected chi connectivity index (χ0v) is 16.2. The molecule has 5 nitrogen and oxygen atoms in total. The molecule has 0 N–H and O–H groups in total. The van der Waals surface area contributed by atoms with Crippen molar-refractivity contribution in [3.8, 4) is 0 Å². The number of nitrogens with zero attached hydrogens (tertiary/aromatic N) is 2. The first-order valence-corrected chi connectivity index (χ1v) is 9.75. The van der Waals surface area contributed by atoms with Gasteiger partial charge >= 0.3 is 0 Å². The maximum atomic E-state index is 14.0. The smallest absolute Gasteiger partial charge is 0.266 e. The van der Waals surface area contributed by atoms with Gasteiger partial charge in [0.15, 0.2) is 6.10 Å². The fraction of sp³-hybridized carbons (Fsp3) is 0.167. The second-order valence-electron chi connectivity index (χ2n) is 7.56. The lowest BCUT2D eigenvalue weighted by Crippen LogP contribution is -2.37. The Morgan fingerprint density at radius 2 is 1.57 bits per heavy atom. The van der Waals surface area contributed by atoms with E-state index in [2.05, 4.69) is 0 Å². The number of hydrogen-bond acceptors (Lipinski definition) is 4. The highest BCUT2D eigenvalue weighted by molar-refractivity contribution is 6.23. The summed E-state index contributed by atoms with van der Waals surface area (Å²) in [6.45, 7) is 1.94. The second kappa shape index (κ2) is 7.07. The van der Waals surface area contributed by atoms with Gasteiger partial charge in [-0.05, 0) is 48.9 Å². The van der Waals surface area contributed by atoms with Crippen molar-refractivity contribution in [1.82, 2.24) is 0 Å². The third-order valence-corrected chi connectivity index (χ3v) is 5.61. The van der Waals surface area contributed by atoms with Gasteiger partial charge in [0.2, 0.25) is 5.91 Å². The number of carbonyl (C=O) groups is 2. The third kappa shape index (κ3) is 2.88. The van der Waals surface area contributed by atoms with Crippen LogP contribution in [0, 0.1) is 18.7 Å². The summed E-state index contributed by atoms with van der Waals surface area (Å²) in [4.78, 5) is 33.8. The lowest BCUT2D eigenvalue weighted by Gasteiger charge is -2.28. The molecule has 0 bridgehead atoms. The van der Waals surface area contributed by atoms with Gasteiger partial charge in [-0.3, -0.25) is 14.4 Å². The molecule has 5 rings (SSSR count). The van der Waals surface area contributed by atoms with Crippen molar-refractivity contribution < 1.29 is 18.8 Å². The molecule has 2 saturated heterocycles. The average Bonchev–Trinajstić information content (AvgIpc) is 3.26. The number of rotatable bonds is 3. The van der Waals surface area contributed by atoms with Gasteiger partial charge < -0.3 is 0 Å². The Bertz CT molecular complexity index is 1120. The fourth-order valence-corrected chi connectivity index (χ4v) is 4.19. The minimum atomic E-state index is -0.965. The normalized spacial score (nSPS) is 23.2. The summed E-state index contributed by atoms with van der Waals surface area (Å²) < 4.78 is 14.0. The van der Waals surface area contributed by atoms with Crippen LogP contribution in [-0.4, -0.2) is 17.9 Å². The highest BCUT2D eigenvalue weighted by atomic mass is 19.1. The summed E-state index contributed by atoms with van der Waals surface area (Å²) >= 11 is 0. The van der Waals surface area contributed by atoms with Gasteiger partial charge in [-0.15, -0.1) is 0 Å². The number of aryl methyl sites for hydroxylation is 1. The Morgan fingerprint density at radius 1 is 0.833 bits per heavy atom. The summed E-state index contributed by atoms with van der Waals surface area (Å²) in [5.74, 6) is -1.94. The minimum absolute atomic E-state index is 0.346. The van der Waals surface area contributed by atoms with Crippen LogP contribution in [0.3, 0.4) is 0 Å². The number of carbonyl (C=O) groups excluding carboxylic acids is 2. The van der Waals surface area contributed by atoms with E-state index in [9.17, 15) is 14.0 Å². The molecule has 3 aromatic rings. The molecular formula is C24H19FN2O3. The van der Waals surface area contributed by atoms with E-state index >= 15 is 0 Å². The molecule has 150 valence electrons. The van der Waals surface area contributed by atoms with E-state index in [-0.39, 0.29) is 5.91 Å². The van der Waals surface area contributed by atoms with Crippen LogP contribution in [0.1, 0.15) is 17.2 Å². The number of hydrogen-bond donors (Lipinski definition) is 0. The number of halogens is 1. The number of para-hydroxylation sites is 1. The van der Waals surface area contributed by atoms with E-state index < -0.39 is 29.8 Å². The van der Waals surface area contributed by atoms with Crippen molar-refractivity contribution in [3.05, 3.63) is 95.8 Å². The van der Waals surface area contributed by atoms with Crippen molar-refractivity contribution in [2.45, 2.75) is 19.1 Å². The average molecular weight is 402 g/mol. The number of fused-ring (bicyclic) bond motifs is 1. The lowest BCUT2D eigenvalue weighted by molar-refractivity contribution is -0.126. The largest absolute Gasteiger partial charge is 0.273 e. The molecule has 2 fully saturated rings. The molecule has 0 unspecified atom stereocenters. The summed E-state index contributed by atoms with van der Waals surface area (Å²) in [5, 5.41) is 1.56. The van der Waals surface area contributed by atoms with Crippen molar-refractivity contribution in [3.63, 3.8) is 0 Å². The van der Waals surface area contributed by atoms with Crippen LogP contribution in [0.25, 0.3) is 0 Å². The van der Waals surface area contributed by atoms with Gasteiger partial charge in [0.05, 0.1) is 17.4 Å². The highest BCUT2D eigenvalue weighted by Crippen LogP contribution is 2.47. The Hall–Kier alpha value is -3.51. The summed E-state index contributed by atoms with van der Waals surface area (Å²) in [5.41, 5.74) is 2.82. The van der Waals surface area contributed by atoms with Crippen LogP contribution in [0.4, 0.5) is 15.8 Å². The fourth-order valence-electron chi connectivity index (χ4n) is 4.19. The van der Waals surface area contributed by atoms with E-state index in [1.165, 1.54) is 17.0 Å². The molecule has 30 heavy (non-hydrogen) atoms. The maximum absolute atomic E-state index is 14.0. The van der Waals surface area contributed by atoms with Crippen LogP contribution >= 0.6 is 0 Å². The van der Waals surface area contributed by atoms with E-state index in [0.29, 0.717) is 16.9 Å². The van der Waals surface area contributed by atoms with Gasteiger partial charge in [-0.2, -0.15) is 0 Å². The first-order chi connectivity index (χ1) is 14.5. The Morgan fingerprint density at radius 3 is 2.27 bits per heavy atom. The molecule has 0 saturated carbocycles. The summed E-state index contributed by atoms with van der Waals surface area (Å²) in [6.07, 6.45) is -0.965. The Labute approximate surface area is 173 Å². The van der Waals surface area contributed by atoms with Crippen molar-refractivity contribution in [2.24, 2.45) is 5.92 Å². The molecular weight excluding hydrogens is 383 g/mol. The van der Waals surface area contributed by atoms with E-state index in [0.717, 1.165) is 5.56 Å². The molecule has 3 atom stereocenters. The monoisotopic (exact) mass is 402 g/mol. The number of amides is 2. The Kier molecular flexibility index (Phi) is 4.37. The van der Waals surface area contributed by atoms with Crippen LogP contribution < -0.4 is 9.96 Å². The van der Waals surface area contributed by atoms with Crippen molar-refractivity contribution in [1.29, 1.82) is 0 Å². The molecule has 2 aliphatic heterocycles. The standard InChI is InChI=1S/C24H19FN2O3/c1-15-10-12-18(13-11-15)26-23(28)20-21(16-6-5-7-17(25)14-16)27(30-22(20)24(26)29)19-8-3-2-4-9-19/h2-14,20-22H,1H3/t20-,21+,22+/m1/s1. The molecule has 2 amide bonds. The summed E-state index contributed by atoms with van der Waals surface area (Å²) in [6, 6.07) is 21.9. The molecule has 0 aliphatic carbocycles. The number of hydroxylamine groups is 1. The van der Waals surface area contributed by atoms with Gasteiger partial charge in [-0.25, -0.2) is 14.4 Å². The molecule has 2 heterocycles. The predicted octanol–water partition coefficient (Wildman–Crippen LogP) is 4.19. The summed E-state index contributed by atoms with van der Waals surface area (Å²) in [7, 11) is 0. The lowest BCUT2D eigenvalue weighted by atomic mass is 9.90. The maximum Gasteiger partial charge on any atom is 0.266 e. The van der Waals surface area contributed by atoms with E-state index in [1.54, 1.807) is 29.3 Å². The molecule has 0 spiro atoms. The zero-order valence-electron chi connectivity index (χ0n) is 16.2. The molecule has 3 aromatic carbocycles. The van der Waals surface area contributed by atoms with Gasteiger partial charge in [0, 0.05) is 0 Å². The van der Waals surface area contributed by atoms with E-state index in [4.69, 9.17) is 4.84 Å². The molecule has 6 heteroatoms. The van der Waals surface area contributed by atoms with Crippen LogP contribution in [0.15, 0.2) is 78.9 Å². The first kappa shape index (κ1) is 18.5. The number of imide groups is 1. The van der Waals surface area contributed by atoms with E-state index in [1.807, 2.05) is 49.4 Å². The number of benzene rings is 3. The zero-order chi connectivity index (χ0) is 20.8. The molecule has 2 aliphatic rings. The third-order valence-electron chi connectivity index (χ3n) is 5.61. The topological polar surface area (TPSA) is 49.9 Å². The van der Waals surface area contributed by atoms with Gasteiger partial charge in [0.1, 0.15) is 11.7 Å². The quantitative estimate of drug-likeness (QED) is 0.617. The first-order valence-electron chi connectivity index (χ1n) is 9.75. The van der Waals surface area contributed by atoms with Crippen molar-refractivity contribution in [2.75, 3.05) is 9.96 Å². The van der Waals surface area contributed by atoms with Crippen molar-refractivity contribution >= 4 is 23.2 Å². The molecule has 0 radical (unpaired) electrons. The van der Waals surface area contributed by atoms with Crippen LogP contribution in [-0.2, 0) is 14.4 Å². The van der Waals surface area contributed by atoms with Crippen LogP contribution in [0.2, 0.25) is 0 Å². The predicted molar refractivity (Wildman–Crippen MR) is 110 cm³/mol. The SMILES string of the molecule is Cc1ccc(N2C(=O)[C@H]3[C@H](ON(c4ccccc4)[C@H]3c3cccc(F)c3)C2=O)cc1. The van der Waals surface area contributed by atoms with Gasteiger partial charge in [-0.1, -0.05) is 48.0 Å². The molecule has 0 aromatic heterocycles. The number of anilines is 2. The minimum Gasteiger partial charge on any atom is -0.273 e. The van der Waals surface area contributed by atoms with Crippen LogP contribution in [0.5, 0.6) is 0 Å². The highest BCUT2D eigenvalue weighted by Gasteiger charge is 2.60.